The Labute approximate surface area is 137 Å². The average Bonchev–Trinajstić information content (AvgIpc) is 3.07. The van der Waals surface area contributed by atoms with Gasteiger partial charge < -0.3 is 10.3 Å². The third-order valence-corrected chi connectivity index (χ3v) is 3.48. The summed E-state index contributed by atoms with van der Waals surface area (Å²) in [6.45, 7) is 1.78. The Kier molecular flexibility index (Phi) is 4.20. The summed E-state index contributed by atoms with van der Waals surface area (Å²) in [5.41, 5.74) is 1.72. The maximum absolute atomic E-state index is 13.8. The Hall–Kier alpha value is -3.28. The van der Waals surface area contributed by atoms with Crippen molar-refractivity contribution in [1.29, 1.82) is 0 Å². The Morgan fingerprint density at radius 2 is 2.04 bits per heavy atom. The minimum atomic E-state index is -0.590. The van der Waals surface area contributed by atoms with Crippen LogP contribution in [-0.4, -0.2) is 21.7 Å². The second kappa shape index (κ2) is 6.45. The van der Waals surface area contributed by atoms with Crippen LogP contribution in [0.2, 0.25) is 0 Å². The lowest BCUT2D eigenvalue weighted by atomic mass is 10.0. The quantitative estimate of drug-likeness (QED) is 0.723. The molecule has 0 saturated heterocycles. The molecule has 1 amide bonds. The summed E-state index contributed by atoms with van der Waals surface area (Å²) >= 11 is 0. The van der Waals surface area contributed by atoms with Crippen LogP contribution in [-0.2, 0) is 0 Å². The molecule has 3 aromatic rings. The molecule has 0 atom stereocenters. The molecular weight excluding hydrogens is 309 g/mol. The van der Waals surface area contributed by atoms with E-state index in [0.29, 0.717) is 5.69 Å². The normalized spacial score (nSPS) is 10.4. The number of nitrogens with zero attached hydrogens (tertiary/aromatic N) is 1. The van der Waals surface area contributed by atoms with Crippen LogP contribution < -0.4 is 5.32 Å². The lowest BCUT2D eigenvalue weighted by Crippen LogP contribution is -2.12. The van der Waals surface area contributed by atoms with Crippen molar-refractivity contribution < 1.29 is 14.0 Å². The summed E-state index contributed by atoms with van der Waals surface area (Å²) < 4.78 is 13.8. The molecular formula is C18H14FN3O2. The fraction of sp³-hybridized carbons (Fsp3) is 0.0556. The second-order valence-electron chi connectivity index (χ2n) is 5.31. The highest BCUT2D eigenvalue weighted by Crippen LogP contribution is 2.17. The molecule has 0 aliphatic heterocycles. The van der Waals surface area contributed by atoms with Gasteiger partial charge in [0.05, 0.1) is 17.4 Å². The fourth-order valence-electron chi connectivity index (χ4n) is 2.26. The van der Waals surface area contributed by atoms with Crippen molar-refractivity contribution in [2.45, 2.75) is 6.92 Å². The minimum absolute atomic E-state index is 0.0202. The van der Waals surface area contributed by atoms with Crippen LogP contribution >= 0.6 is 0 Å². The van der Waals surface area contributed by atoms with Gasteiger partial charge >= 0.3 is 0 Å². The Morgan fingerprint density at radius 3 is 2.79 bits per heavy atom. The van der Waals surface area contributed by atoms with E-state index in [2.05, 4.69) is 15.3 Å². The van der Waals surface area contributed by atoms with Crippen molar-refractivity contribution in [2.24, 2.45) is 0 Å². The van der Waals surface area contributed by atoms with Crippen LogP contribution in [0.25, 0.3) is 0 Å². The largest absolute Gasteiger partial charge is 0.356 e. The summed E-state index contributed by atoms with van der Waals surface area (Å²) in [5.74, 6) is -1.48. The van der Waals surface area contributed by atoms with Gasteiger partial charge in [-0.3, -0.25) is 14.6 Å². The number of amides is 1. The molecule has 2 heterocycles. The molecule has 3 rings (SSSR count). The first-order chi connectivity index (χ1) is 11.5. The number of anilines is 1. The zero-order valence-electron chi connectivity index (χ0n) is 12.8. The van der Waals surface area contributed by atoms with Crippen molar-refractivity contribution in [2.75, 3.05) is 5.32 Å². The van der Waals surface area contributed by atoms with Gasteiger partial charge in [0.2, 0.25) is 0 Å². The van der Waals surface area contributed by atoms with Crippen molar-refractivity contribution in [3.63, 3.8) is 0 Å². The number of benzene rings is 1. The maximum Gasteiger partial charge on any atom is 0.272 e. The minimum Gasteiger partial charge on any atom is -0.356 e. The summed E-state index contributed by atoms with van der Waals surface area (Å²) in [4.78, 5) is 31.2. The number of hydrogen-bond acceptors (Lipinski definition) is 3. The van der Waals surface area contributed by atoms with Crippen LogP contribution in [0, 0.1) is 12.7 Å². The van der Waals surface area contributed by atoms with Crippen LogP contribution in [0.1, 0.15) is 32.0 Å². The van der Waals surface area contributed by atoms with Crippen molar-refractivity contribution in [3.05, 3.63) is 83.2 Å². The first kappa shape index (κ1) is 15.6. The lowest BCUT2D eigenvalue weighted by Gasteiger charge is -2.02. The van der Waals surface area contributed by atoms with Gasteiger partial charge in [0.15, 0.2) is 5.78 Å². The molecule has 0 fully saturated rings. The molecule has 0 unspecified atom stereocenters. The van der Waals surface area contributed by atoms with E-state index in [-0.39, 0.29) is 16.8 Å². The van der Waals surface area contributed by atoms with E-state index < -0.39 is 17.5 Å². The zero-order chi connectivity index (χ0) is 17.1. The fourth-order valence-corrected chi connectivity index (χ4v) is 2.26. The molecule has 5 nitrogen and oxygen atoms in total. The molecule has 0 aliphatic rings. The molecule has 2 N–H and O–H groups in total. The smallest absolute Gasteiger partial charge is 0.272 e. The summed E-state index contributed by atoms with van der Waals surface area (Å²) in [6.07, 6.45) is 4.49. The maximum atomic E-state index is 13.8. The molecule has 2 aromatic heterocycles. The van der Waals surface area contributed by atoms with Crippen LogP contribution in [0.5, 0.6) is 0 Å². The van der Waals surface area contributed by atoms with Gasteiger partial charge in [-0.15, -0.1) is 0 Å². The Morgan fingerprint density at radius 1 is 1.21 bits per heavy atom. The molecule has 120 valence electrons. The van der Waals surface area contributed by atoms with E-state index in [0.717, 1.165) is 5.56 Å². The molecule has 0 aliphatic carbocycles. The number of pyridine rings is 1. The SMILES string of the molecule is Cc1ccc(F)c(C(=O)c2c[nH]c(C(=O)Nc3cccnc3)c2)c1. The predicted molar refractivity (Wildman–Crippen MR) is 87.6 cm³/mol. The second-order valence-corrected chi connectivity index (χ2v) is 5.31. The van der Waals surface area contributed by atoms with E-state index >= 15 is 0 Å². The molecule has 0 bridgehead atoms. The van der Waals surface area contributed by atoms with E-state index in [1.54, 1.807) is 31.3 Å². The first-order valence-electron chi connectivity index (χ1n) is 7.25. The number of aryl methyl sites for hydroxylation is 1. The Bertz CT molecular complexity index is 904. The topological polar surface area (TPSA) is 74.8 Å². The third-order valence-electron chi connectivity index (χ3n) is 3.48. The number of aromatic amines is 1. The van der Waals surface area contributed by atoms with Gasteiger partial charge in [-0.2, -0.15) is 0 Å². The third kappa shape index (κ3) is 3.22. The van der Waals surface area contributed by atoms with Crippen molar-refractivity contribution >= 4 is 17.4 Å². The molecule has 0 saturated carbocycles. The summed E-state index contributed by atoms with van der Waals surface area (Å²) in [6, 6.07) is 9.12. The van der Waals surface area contributed by atoms with Gasteiger partial charge in [-0.1, -0.05) is 11.6 Å². The highest BCUT2D eigenvalue weighted by atomic mass is 19.1. The first-order valence-corrected chi connectivity index (χ1v) is 7.25. The predicted octanol–water partition coefficient (Wildman–Crippen LogP) is 3.34. The van der Waals surface area contributed by atoms with E-state index in [9.17, 15) is 14.0 Å². The number of hydrogen-bond donors (Lipinski definition) is 2. The molecule has 24 heavy (non-hydrogen) atoms. The van der Waals surface area contributed by atoms with Crippen LogP contribution in [0.3, 0.4) is 0 Å². The number of carbonyl (C=O) groups excluding carboxylic acids is 2. The number of H-pyrrole nitrogens is 1. The monoisotopic (exact) mass is 323 g/mol. The molecule has 1 aromatic carbocycles. The highest BCUT2D eigenvalue weighted by Gasteiger charge is 2.17. The number of ketones is 1. The average molecular weight is 323 g/mol. The number of carbonyl (C=O) groups is 2. The van der Waals surface area contributed by atoms with Crippen LogP contribution in [0.15, 0.2) is 55.0 Å². The number of rotatable bonds is 4. The van der Waals surface area contributed by atoms with Crippen LogP contribution in [0.4, 0.5) is 10.1 Å². The number of aromatic nitrogens is 2. The van der Waals surface area contributed by atoms with E-state index in [1.165, 1.54) is 30.6 Å². The number of halogens is 1. The highest BCUT2D eigenvalue weighted by molar-refractivity contribution is 6.11. The molecule has 6 heteroatoms. The zero-order valence-corrected chi connectivity index (χ0v) is 12.8. The molecule has 0 spiro atoms. The van der Waals surface area contributed by atoms with Crippen molar-refractivity contribution in [3.8, 4) is 0 Å². The van der Waals surface area contributed by atoms with Gasteiger partial charge in [-0.05, 0) is 37.3 Å². The van der Waals surface area contributed by atoms with Gasteiger partial charge in [0.1, 0.15) is 11.5 Å². The number of nitrogens with one attached hydrogen (secondary N) is 2. The van der Waals surface area contributed by atoms with E-state index in [1.807, 2.05) is 0 Å². The van der Waals surface area contributed by atoms with Crippen molar-refractivity contribution in [1.82, 2.24) is 9.97 Å². The van der Waals surface area contributed by atoms with E-state index in [4.69, 9.17) is 0 Å². The summed E-state index contributed by atoms with van der Waals surface area (Å²) in [7, 11) is 0. The van der Waals surface area contributed by atoms with Gasteiger partial charge in [0, 0.05) is 18.0 Å². The van der Waals surface area contributed by atoms with Gasteiger partial charge in [-0.25, -0.2) is 4.39 Å². The molecule has 0 radical (unpaired) electrons. The summed E-state index contributed by atoms with van der Waals surface area (Å²) in [5, 5.41) is 2.65. The Balaban J connectivity index is 1.81. The standard InChI is InChI=1S/C18H14FN3O2/c1-11-4-5-15(19)14(7-11)17(23)12-8-16(21-9-12)18(24)22-13-3-2-6-20-10-13/h2-10,21H,1H3,(H,22,24). The lowest BCUT2D eigenvalue weighted by molar-refractivity contribution is 0.102. The van der Waals surface area contributed by atoms with Gasteiger partial charge in [0.25, 0.3) is 5.91 Å².